The van der Waals surface area contributed by atoms with Crippen molar-refractivity contribution < 1.29 is 8.42 Å². The van der Waals surface area contributed by atoms with Gasteiger partial charge < -0.3 is 0 Å². The van der Waals surface area contributed by atoms with Gasteiger partial charge in [0.2, 0.25) is 14.2 Å². The molecule has 2 heterocycles. The lowest BCUT2D eigenvalue weighted by Gasteiger charge is -1.99. The second-order valence-electron chi connectivity index (χ2n) is 4.75. The van der Waals surface area contributed by atoms with Gasteiger partial charge in [-0.05, 0) is 12.0 Å². The molecule has 0 aliphatic heterocycles. The molecule has 2 aromatic heterocycles. The van der Waals surface area contributed by atoms with Crippen molar-refractivity contribution in [1.82, 2.24) is 9.97 Å². The van der Waals surface area contributed by atoms with E-state index in [1.807, 2.05) is 12.1 Å². The Bertz CT molecular complexity index is 851. The number of sulfone groups is 1. The van der Waals surface area contributed by atoms with Gasteiger partial charge in [-0.2, -0.15) is 0 Å². The fraction of sp³-hybridized carbons (Fsp3) is 0.200. The average molecular weight is 350 g/mol. The first-order valence-corrected chi connectivity index (χ1v) is 10.2. The molecular formula is C15H14N2O2S3. The lowest BCUT2D eigenvalue weighted by Crippen LogP contribution is -2.04. The molecule has 0 saturated carbocycles. The van der Waals surface area contributed by atoms with Gasteiger partial charge in [0, 0.05) is 22.5 Å². The van der Waals surface area contributed by atoms with E-state index < -0.39 is 9.84 Å². The number of aryl methyl sites for hydroxylation is 1. The van der Waals surface area contributed by atoms with Crippen molar-refractivity contribution in [3.63, 3.8) is 0 Å². The highest BCUT2D eigenvalue weighted by Crippen LogP contribution is 2.26. The van der Waals surface area contributed by atoms with Crippen molar-refractivity contribution in [3.05, 3.63) is 52.5 Å². The van der Waals surface area contributed by atoms with Crippen LogP contribution in [0.15, 0.2) is 45.6 Å². The van der Waals surface area contributed by atoms with E-state index in [1.165, 1.54) is 23.1 Å². The molecule has 0 N–H and O–H groups in total. The third-order valence-electron chi connectivity index (χ3n) is 3.17. The van der Waals surface area contributed by atoms with Crippen molar-refractivity contribution in [3.8, 4) is 10.6 Å². The highest BCUT2D eigenvalue weighted by atomic mass is 32.2. The minimum Gasteiger partial charge on any atom is -0.240 e. The van der Waals surface area contributed by atoms with Gasteiger partial charge in [0.25, 0.3) is 0 Å². The van der Waals surface area contributed by atoms with Crippen LogP contribution in [0.4, 0.5) is 0 Å². The summed E-state index contributed by atoms with van der Waals surface area (Å²) < 4.78 is 24.6. The number of hydrogen-bond acceptors (Lipinski definition) is 6. The second-order valence-corrected chi connectivity index (χ2v) is 8.67. The van der Waals surface area contributed by atoms with Crippen LogP contribution in [0.2, 0.25) is 0 Å². The third kappa shape index (κ3) is 3.26. The third-order valence-corrected chi connectivity index (χ3v) is 7.04. The van der Waals surface area contributed by atoms with Crippen LogP contribution in [0.3, 0.4) is 0 Å². The Kier molecular flexibility index (Phi) is 4.37. The summed E-state index contributed by atoms with van der Waals surface area (Å²) in [6, 6.07) is 8.19. The number of nitrogens with zero attached hydrogens (tertiary/aromatic N) is 2. The first-order valence-electron chi connectivity index (χ1n) is 6.74. The Labute approximate surface area is 137 Å². The summed E-state index contributed by atoms with van der Waals surface area (Å²) in [5, 5.41) is 4.30. The van der Waals surface area contributed by atoms with Crippen LogP contribution in [0.25, 0.3) is 10.6 Å². The molecular weight excluding hydrogens is 336 g/mol. The minimum absolute atomic E-state index is 0.107. The summed E-state index contributed by atoms with van der Waals surface area (Å²) in [5.41, 5.74) is 2.85. The maximum Gasteiger partial charge on any atom is 0.211 e. The quantitative estimate of drug-likeness (QED) is 0.702. The van der Waals surface area contributed by atoms with Crippen molar-refractivity contribution in [2.24, 2.45) is 0 Å². The molecule has 0 amide bonds. The average Bonchev–Trinajstić information content (AvgIpc) is 3.18. The van der Waals surface area contributed by atoms with E-state index in [2.05, 4.69) is 29.0 Å². The standard InChI is InChI=1S/C15H14N2O2S3/c1-2-11-3-5-12(6-4-11)14-17-13(9-21-14)10-22(18,19)15-16-7-8-20-15/h3-9H,2,10H2,1H3. The normalized spacial score (nSPS) is 11.7. The molecule has 0 radical (unpaired) electrons. The van der Waals surface area contributed by atoms with Gasteiger partial charge >= 0.3 is 0 Å². The van der Waals surface area contributed by atoms with Gasteiger partial charge in [-0.15, -0.1) is 22.7 Å². The summed E-state index contributed by atoms with van der Waals surface area (Å²) in [4.78, 5) is 8.32. The van der Waals surface area contributed by atoms with Gasteiger partial charge in [-0.1, -0.05) is 31.2 Å². The highest BCUT2D eigenvalue weighted by molar-refractivity contribution is 7.92. The molecule has 0 aliphatic rings. The van der Waals surface area contributed by atoms with Gasteiger partial charge in [0.05, 0.1) is 5.69 Å². The first-order chi connectivity index (χ1) is 10.6. The van der Waals surface area contributed by atoms with Gasteiger partial charge in [-0.25, -0.2) is 18.4 Å². The van der Waals surface area contributed by atoms with E-state index in [1.54, 1.807) is 10.8 Å². The summed E-state index contributed by atoms with van der Waals surface area (Å²) in [6.45, 7) is 2.11. The molecule has 0 aliphatic carbocycles. The van der Waals surface area contributed by atoms with Gasteiger partial charge in [0.1, 0.15) is 10.8 Å². The minimum atomic E-state index is -3.40. The summed E-state index contributed by atoms with van der Waals surface area (Å²) in [6.07, 6.45) is 2.49. The molecule has 0 spiro atoms. The summed E-state index contributed by atoms with van der Waals surface area (Å²) in [7, 11) is -3.40. The van der Waals surface area contributed by atoms with Crippen molar-refractivity contribution in [2.45, 2.75) is 23.4 Å². The number of aromatic nitrogens is 2. The Morgan fingerprint density at radius 3 is 2.55 bits per heavy atom. The molecule has 1 aromatic carbocycles. The number of rotatable bonds is 5. The number of hydrogen-bond donors (Lipinski definition) is 0. The molecule has 114 valence electrons. The maximum absolute atomic E-state index is 12.2. The molecule has 3 rings (SSSR count). The molecule has 0 unspecified atom stereocenters. The zero-order valence-corrected chi connectivity index (χ0v) is 14.3. The van der Waals surface area contributed by atoms with E-state index in [-0.39, 0.29) is 10.1 Å². The Hall–Kier alpha value is -1.57. The highest BCUT2D eigenvalue weighted by Gasteiger charge is 2.20. The lowest BCUT2D eigenvalue weighted by molar-refractivity contribution is 0.594. The molecule has 22 heavy (non-hydrogen) atoms. The number of thiazole rings is 2. The van der Waals surface area contributed by atoms with E-state index in [9.17, 15) is 8.42 Å². The van der Waals surface area contributed by atoms with E-state index >= 15 is 0 Å². The zero-order valence-electron chi connectivity index (χ0n) is 11.9. The molecule has 3 aromatic rings. The van der Waals surface area contributed by atoms with Gasteiger partial charge in [-0.3, -0.25) is 0 Å². The van der Waals surface area contributed by atoms with Crippen LogP contribution in [0.1, 0.15) is 18.2 Å². The molecule has 0 atom stereocenters. The monoisotopic (exact) mass is 350 g/mol. The smallest absolute Gasteiger partial charge is 0.211 e. The van der Waals surface area contributed by atoms with E-state index in [0.29, 0.717) is 5.69 Å². The maximum atomic E-state index is 12.2. The lowest BCUT2D eigenvalue weighted by atomic mass is 10.1. The zero-order chi connectivity index (χ0) is 15.6. The first kappa shape index (κ1) is 15.3. The Morgan fingerprint density at radius 2 is 1.91 bits per heavy atom. The van der Waals surface area contributed by atoms with Crippen molar-refractivity contribution in [2.75, 3.05) is 0 Å². The van der Waals surface area contributed by atoms with E-state index in [0.717, 1.165) is 28.3 Å². The fourth-order valence-corrected chi connectivity index (χ4v) is 5.11. The van der Waals surface area contributed by atoms with Crippen LogP contribution in [-0.4, -0.2) is 18.4 Å². The van der Waals surface area contributed by atoms with Crippen LogP contribution >= 0.6 is 22.7 Å². The molecule has 4 nitrogen and oxygen atoms in total. The Balaban J connectivity index is 1.82. The van der Waals surface area contributed by atoms with Crippen LogP contribution in [0.5, 0.6) is 0 Å². The van der Waals surface area contributed by atoms with Gasteiger partial charge in [0.15, 0.2) is 0 Å². The van der Waals surface area contributed by atoms with Crippen molar-refractivity contribution in [1.29, 1.82) is 0 Å². The molecule has 0 fully saturated rings. The predicted octanol–water partition coefficient (Wildman–Crippen LogP) is 3.80. The SMILES string of the molecule is CCc1ccc(-c2nc(CS(=O)(=O)c3nccs3)cs2)cc1. The summed E-state index contributed by atoms with van der Waals surface area (Å²) >= 11 is 2.59. The van der Waals surface area contributed by atoms with E-state index in [4.69, 9.17) is 0 Å². The van der Waals surface area contributed by atoms with Crippen LogP contribution in [-0.2, 0) is 22.0 Å². The molecule has 7 heteroatoms. The van der Waals surface area contributed by atoms with Crippen LogP contribution < -0.4 is 0 Å². The second kappa shape index (κ2) is 6.28. The predicted molar refractivity (Wildman–Crippen MR) is 89.9 cm³/mol. The number of benzene rings is 1. The fourth-order valence-electron chi connectivity index (χ4n) is 2.01. The largest absolute Gasteiger partial charge is 0.240 e. The Morgan fingerprint density at radius 1 is 1.14 bits per heavy atom. The molecule has 0 bridgehead atoms. The topological polar surface area (TPSA) is 59.9 Å². The summed E-state index contributed by atoms with van der Waals surface area (Å²) in [5.74, 6) is -0.107. The van der Waals surface area contributed by atoms with Crippen LogP contribution in [0, 0.1) is 0 Å². The van der Waals surface area contributed by atoms with Crippen molar-refractivity contribution >= 4 is 32.5 Å². The molecule has 0 saturated heterocycles.